The Kier molecular flexibility index (Phi) is 5.76. The molecule has 0 N–H and O–H groups in total. The molecule has 1 amide bonds. The van der Waals surface area contributed by atoms with Crippen LogP contribution >= 0.6 is 27.7 Å². The third-order valence-electron chi connectivity index (χ3n) is 3.76. The van der Waals surface area contributed by atoms with E-state index in [4.69, 9.17) is 4.99 Å². The van der Waals surface area contributed by atoms with Crippen molar-refractivity contribution in [2.24, 2.45) is 4.99 Å². The minimum atomic E-state index is 0.0284. The number of nitrogens with zero attached hydrogens (tertiary/aromatic N) is 2. The lowest BCUT2D eigenvalue weighted by atomic mass is 10.2. The van der Waals surface area contributed by atoms with Crippen molar-refractivity contribution in [3.05, 3.63) is 69.0 Å². The average Bonchev–Trinajstić information content (AvgIpc) is 2.88. The summed E-state index contributed by atoms with van der Waals surface area (Å²) in [4.78, 5) is 19.9. The zero-order valence-corrected chi connectivity index (χ0v) is 16.6. The molecule has 25 heavy (non-hydrogen) atoms. The van der Waals surface area contributed by atoms with Gasteiger partial charge in [0.2, 0.25) is 0 Å². The lowest BCUT2D eigenvalue weighted by molar-refractivity contribution is -0.122. The van der Waals surface area contributed by atoms with Crippen LogP contribution in [0.3, 0.4) is 0 Å². The molecule has 2 aromatic rings. The molecule has 0 spiro atoms. The summed E-state index contributed by atoms with van der Waals surface area (Å²) in [7, 11) is 0. The molecule has 0 saturated carbocycles. The highest BCUT2D eigenvalue weighted by Gasteiger charge is 2.32. The Morgan fingerprint density at radius 3 is 2.44 bits per heavy atom. The molecule has 0 radical (unpaired) electrons. The van der Waals surface area contributed by atoms with Gasteiger partial charge in [0.25, 0.3) is 5.91 Å². The van der Waals surface area contributed by atoms with Gasteiger partial charge in [-0.15, -0.1) is 0 Å². The van der Waals surface area contributed by atoms with Gasteiger partial charge in [-0.2, -0.15) is 0 Å². The minimum Gasteiger partial charge on any atom is -0.286 e. The van der Waals surface area contributed by atoms with Crippen molar-refractivity contribution in [2.45, 2.75) is 20.3 Å². The van der Waals surface area contributed by atoms with Gasteiger partial charge < -0.3 is 0 Å². The van der Waals surface area contributed by atoms with E-state index in [0.29, 0.717) is 11.4 Å². The van der Waals surface area contributed by atoms with Crippen molar-refractivity contribution in [2.75, 3.05) is 6.54 Å². The summed E-state index contributed by atoms with van der Waals surface area (Å²) in [5.74, 6) is 0.0284. The average molecular weight is 415 g/mol. The molecule has 0 aromatic heterocycles. The van der Waals surface area contributed by atoms with Crippen molar-refractivity contribution in [3.63, 3.8) is 0 Å². The van der Waals surface area contributed by atoms with Crippen LogP contribution in [-0.2, 0) is 4.79 Å². The number of carbonyl (C=O) groups excluding carboxylic acids is 1. The molecule has 3 rings (SSSR count). The van der Waals surface area contributed by atoms with Crippen LogP contribution in [0, 0.1) is 6.92 Å². The number of amidine groups is 1. The molecule has 1 heterocycles. The first-order valence-electron chi connectivity index (χ1n) is 8.19. The fourth-order valence-corrected chi connectivity index (χ4v) is 3.74. The molecule has 1 saturated heterocycles. The van der Waals surface area contributed by atoms with E-state index in [1.54, 1.807) is 4.90 Å². The molecule has 1 aliphatic rings. The van der Waals surface area contributed by atoms with Gasteiger partial charge in [-0.3, -0.25) is 9.69 Å². The summed E-state index contributed by atoms with van der Waals surface area (Å²) in [6.45, 7) is 4.79. The zero-order valence-electron chi connectivity index (χ0n) is 14.2. The Morgan fingerprint density at radius 1 is 1.12 bits per heavy atom. The second-order valence-corrected chi connectivity index (χ2v) is 7.77. The fraction of sp³-hybridized carbons (Fsp3) is 0.200. The van der Waals surface area contributed by atoms with E-state index in [9.17, 15) is 4.79 Å². The van der Waals surface area contributed by atoms with E-state index >= 15 is 0 Å². The van der Waals surface area contributed by atoms with E-state index in [1.807, 2.05) is 61.5 Å². The molecular weight excluding hydrogens is 396 g/mol. The van der Waals surface area contributed by atoms with Gasteiger partial charge in [0, 0.05) is 11.0 Å². The number of rotatable bonds is 4. The van der Waals surface area contributed by atoms with Gasteiger partial charge in [-0.1, -0.05) is 52.7 Å². The molecule has 2 aromatic carbocycles. The molecule has 3 nitrogen and oxygen atoms in total. The van der Waals surface area contributed by atoms with Crippen molar-refractivity contribution in [1.29, 1.82) is 0 Å². The maximum Gasteiger partial charge on any atom is 0.266 e. The van der Waals surface area contributed by atoms with Crippen LogP contribution in [0.2, 0.25) is 0 Å². The molecular formula is C20H19BrN2OS. The number of halogens is 1. The fourth-order valence-electron chi connectivity index (χ4n) is 2.45. The normalized spacial score (nSPS) is 17.7. The lowest BCUT2D eigenvalue weighted by Gasteiger charge is -2.13. The number of thioether (sulfide) groups is 1. The van der Waals surface area contributed by atoms with Crippen LogP contribution in [-0.4, -0.2) is 22.5 Å². The highest BCUT2D eigenvalue weighted by Crippen LogP contribution is 2.34. The third-order valence-corrected chi connectivity index (χ3v) is 5.30. The second-order valence-electron chi connectivity index (χ2n) is 5.85. The van der Waals surface area contributed by atoms with Crippen LogP contribution < -0.4 is 0 Å². The van der Waals surface area contributed by atoms with Crippen LogP contribution in [0.1, 0.15) is 24.5 Å². The Hall–Kier alpha value is -1.85. The first kappa shape index (κ1) is 18.0. The van der Waals surface area contributed by atoms with Crippen LogP contribution in [0.4, 0.5) is 5.69 Å². The Balaban J connectivity index is 1.91. The minimum absolute atomic E-state index is 0.0284. The van der Waals surface area contributed by atoms with Crippen LogP contribution in [0.15, 0.2) is 62.9 Å². The Bertz CT molecular complexity index is 826. The van der Waals surface area contributed by atoms with Gasteiger partial charge in [-0.05, 0) is 61.0 Å². The quantitative estimate of drug-likeness (QED) is 0.594. The predicted octanol–water partition coefficient (Wildman–Crippen LogP) is 5.77. The van der Waals surface area contributed by atoms with Crippen LogP contribution in [0.25, 0.3) is 6.08 Å². The summed E-state index contributed by atoms with van der Waals surface area (Å²) in [5.41, 5.74) is 3.07. The molecule has 0 unspecified atom stereocenters. The monoisotopic (exact) mass is 414 g/mol. The van der Waals surface area contributed by atoms with Gasteiger partial charge in [0.1, 0.15) is 0 Å². The maximum atomic E-state index is 12.8. The SMILES string of the molecule is CCCN1C(=O)/C(=C\c2ccc(Br)cc2)SC1=Nc1ccc(C)cc1. The largest absolute Gasteiger partial charge is 0.286 e. The highest BCUT2D eigenvalue weighted by molar-refractivity contribution is 9.10. The first-order valence-corrected chi connectivity index (χ1v) is 9.80. The topological polar surface area (TPSA) is 32.7 Å². The third kappa shape index (κ3) is 4.41. The summed E-state index contributed by atoms with van der Waals surface area (Å²) >= 11 is 4.87. The molecule has 128 valence electrons. The maximum absolute atomic E-state index is 12.8. The number of carbonyl (C=O) groups is 1. The van der Waals surface area contributed by atoms with Crippen molar-refractivity contribution >= 4 is 50.5 Å². The second kappa shape index (κ2) is 8.02. The summed E-state index contributed by atoms with van der Waals surface area (Å²) in [6, 6.07) is 16.0. The molecule has 0 atom stereocenters. The Morgan fingerprint density at radius 2 is 1.80 bits per heavy atom. The van der Waals surface area contributed by atoms with Gasteiger partial charge in [-0.25, -0.2) is 4.99 Å². The van der Waals surface area contributed by atoms with Crippen LogP contribution in [0.5, 0.6) is 0 Å². The number of aliphatic imine (C=N–C) groups is 1. The van der Waals surface area contributed by atoms with E-state index < -0.39 is 0 Å². The summed E-state index contributed by atoms with van der Waals surface area (Å²) in [5, 5.41) is 0.749. The first-order chi connectivity index (χ1) is 12.1. The smallest absolute Gasteiger partial charge is 0.266 e. The molecule has 1 aliphatic heterocycles. The van der Waals surface area contributed by atoms with Gasteiger partial charge in [0.05, 0.1) is 10.6 Å². The number of hydrogen-bond acceptors (Lipinski definition) is 3. The number of aryl methyl sites for hydroxylation is 1. The molecule has 5 heteroatoms. The van der Waals surface area contributed by atoms with Crippen molar-refractivity contribution in [3.8, 4) is 0 Å². The van der Waals surface area contributed by atoms with E-state index in [1.165, 1.54) is 17.3 Å². The van der Waals surface area contributed by atoms with E-state index in [-0.39, 0.29) is 5.91 Å². The number of benzene rings is 2. The van der Waals surface area contributed by atoms with Crippen molar-refractivity contribution in [1.82, 2.24) is 4.90 Å². The van der Waals surface area contributed by atoms with Gasteiger partial charge >= 0.3 is 0 Å². The standard InChI is InChI=1S/C20H19BrN2OS/c1-3-12-23-19(24)18(13-15-6-8-16(21)9-7-15)25-20(23)22-17-10-4-14(2)5-11-17/h4-11,13H,3,12H2,1-2H3/b18-13+,22-20?. The summed E-state index contributed by atoms with van der Waals surface area (Å²) in [6.07, 6.45) is 2.82. The lowest BCUT2D eigenvalue weighted by Crippen LogP contribution is -2.29. The summed E-state index contributed by atoms with van der Waals surface area (Å²) < 4.78 is 1.02. The molecule has 0 bridgehead atoms. The zero-order chi connectivity index (χ0) is 17.8. The molecule has 1 fully saturated rings. The van der Waals surface area contributed by atoms with E-state index in [2.05, 4.69) is 22.9 Å². The van der Waals surface area contributed by atoms with Crippen molar-refractivity contribution < 1.29 is 4.79 Å². The number of amides is 1. The van der Waals surface area contributed by atoms with Gasteiger partial charge in [0.15, 0.2) is 5.17 Å². The highest BCUT2D eigenvalue weighted by atomic mass is 79.9. The molecule has 0 aliphatic carbocycles. The van der Waals surface area contributed by atoms with E-state index in [0.717, 1.165) is 27.3 Å². The Labute approximate surface area is 161 Å². The number of hydrogen-bond donors (Lipinski definition) is 0. The predicted molar refractivity (Wildman–Crippen MR) is 110 cm³/mol.